The van der Waals surface area contributed by atoms with Crippen LogP contribution in [0.25, 0.3) is 42.2 Å². The first-order chi connectivity index (χ1) is 40.1. The Morgan fingerprint density at radius 1 is 0.726 bits per heavy atom. The molecule has 12 rings (SSSR count). The second-order valence-electron chi connectivity index (χ2n) is 23.1. The molecule has 4 fully saturated rings. The van der Waals surface area contributed by atoms with E-state index in [9.17, 15) is 41.7 Å². The van der Waals surface area contributed by atoms with Crippen molar-refractivity contribution in [2.45, 2.75) is 139 Å². The number of alkyl carbamates (subject to hydrolysis) is 1. The minimum absolute atomic E-state index is 0.0487. The average Bonchev–Trinajstić information content (AvgIpc) is 4.21. The topological polar surface area (TPSA) is 213 Å². The van der Waals surface area contributed by atoms with Gasteiger partial charge in [-0.1, -0.05) is 28.1 Å². The lowest BCUT2D eigenvalue weighted by Gasteiger charge is -2.37. The summed E-state index contributed by atoms with van der Waals surface area (Å²) >= 11 is 5.51. The lowest BCUT2D eigenvalue weighted by Crippen LogP contribution is -2.57. The maximum atomic E-state index is 12.9. The molecule has 0 spiro atoms. The summed E-state index contributed by atoms with van der Waals surface area (Å²) in [4.78, 5) is 32.7. The van der Waals surface area contributed by atoms with Crippen molar-refractivity contribution in [3.05, 3.63) is 106 Å². The summed E-state index contributed by atoms with van der Waals surface area (Å²) in [6.07, 6.45) is -1.74. The number of hydrogen-bond donors (Lipinski definition) is 5. The van der Waals surface area contributed by atoms with E-state index in [1.54, 1.807) is 20.8 Å². The van der Waals surface area contributed by atoms with Gasteiger partial charge in [-0.15, -0.1) is 22.7 Å². The summed E-state index contributed by atoms with van der Waals surface area (Å²) in [5.41, 5.74) is 12.2. The van der Waals surface area contributed by atoms with E-state index in [0.717, 1.165) is 89.7 Å². The van der Waals surface area contributed by atoms with Gasteiger partial charge in [0.15, 0.2) is 0 Å². The molecule has 16 nitrogen and oxygen atoms in total. The number of alkyl halides is 7. The number of nitrogens with zero attached hydrogens (tertiary/aromatic N) is 9. The quantitative estimate of drug-likeness (QED) is 0.0507. The van der Waals surface area contributed by atoms with Gasteiger partial charge in [-0.3, -0.25) is 4.90 Å². The van der Waals surface area contributed by atoms with E-state index in [-0.39, 0.29) is 33.9 Å². The smallest absolute Gasteiger partial charge is 0.407 e. The Morgan fingerprint density at radius 3 is 1.74 bits per heavy atom. The number of halogens is 7. The van der Waals surface area contributed by atoms with Crippen LogP contribution in [-0.4, -0.2) is 108 Å². The first-order valence-electron chi connectivity index (χ1n) is 28.0. The number of nitriles is 2. The summed E-state index contributed by atoms with van der Waals surface area (Å²) in [6, 6.07) is 23.8. The van der Waals surface area contributed by atoms with Crippen LogP contribution in [0, 0.1) is 34.5 Å². The summed E-state index contributed by atoms with van der Waals surface area (Å²) in [5, 5.41) is 35.8. The predicted octanol–water partition coefficient (Wildman–Crippen LogP) is 12.3. The second kappa shape index (κ2) is 25.5. The van der Waals surface area contributed by atoms with Gasteiger partial charge in [0.25, 0.3) is 0 Å². The maximum absolute atomic E-state index is 12.9. The number of carbonyl (C=O) groups is 1. The van der Waals surface area contributed by atoms with Crippen molar-refractivity contribution in [1.29, 1.82) is 10.5 Å². The molecule has 444 valence electrons. The number of aromatic nitrogens is 6. The Bertz CT molecular complexity index is 3720. The number of likely N-dealkylation sites (tertiary alicyclic amines) is 1. The van der Waals surface area contributed by atoms with Crippen LogP contribution in [0.3, 0.4) is 0 Å². The Balaban J connectivity index is 0.000000151. The highest BCUT2D eigenvalue weighted by atomic mass is 79.9. The first kappa shape index (κ1) is 60.5. The van der Waals surface area contributed by atoms with Gasteiger partial charge < -0.3 is 40.9 Å². The average molecular weight is 1260 g/mol. The van der Waals surface area contributed by atoms with Crippen LogP contribution in [0.5, 0.6) is 0 Å². The van der Waals surface area contributed by atoms with E-state index < -0.39 is 36.9 Å². The third-order valence-corrected chi connectivity index (χ3v) is 17.8. The fourth-order valence-electron chi connectivity index (χ4n) is 10.8. The molecule has 2 saturated heterocycles. The third kappa shape index (κ3) is 15.8. The van der Waals surface area contributed by atoms with E-state index in [0.29, 0.717) is 63.2 Å². The number of ether oxygens (including phenoxy) is 1. The molecule has 6 aromatic heterocycles. The molecule has 8 aromatic rings. The lowest BCUT2D eigenvalue weighted by atomic mass is 9.99. The minimum atomic E-state index is -4.28. The summed E-state index contributed by atoms with van der Waals surface area (Å²) in [6.45, 7) is 10.8. The van der Waals surface area contributed by atoms with Gasteiger partial charge in [0.1, 0.15) is 63.1 Å². The highest BCUT2D eigenvalue weighted by Crippen LogP contribution is 2.37. The number of thiophene rings is 2. The molecule has 6 N–H and O–H groups in total. The van der Waals surface area contributed by atoms with E-state index in [1.165, 1.54) is 72.5 Å². The number of rotatable bonds is 14. The van der Waals surface area contributed by atoms with Crippen molar-refractivity contribution in [3.63, 3.8) is 0 Å². The molecular formula is C59H65BrF6N14O2S2. The maximum Gasteiger partial charge on any atom is 0.407 e. The van der Waals surface area contributed by atoms with Crippen molar-refractivity contribution in [2.24, 2.45) is 17.6 Å². The van der Waals surface area contributed by atoms with E-state index in [1.807, 2.05) is 12.1 Å². The van der Waals surface area contributed by atoms with Crippen molar-refractivity contribution < 1.29 is 35.9 Å². The molecular weight excluding hydrogens is 1190 g/mol. The molecule has 2 aliphatic heterocycles. The molecule has 25 heteroatoms. The number of amides is 1. The summed E-state index contributed by atoms with van der Waals surface area (Å²) in [7, 11) is 0. The van der Waals surface area contributed by atoms with Gasteiger partial charge in [-0.05, 0) is 137 Å². The standard InChI is InChI=1S/C27H28F3N7S.C18H24F3N5O2S.C14H13BrN2/c28-27(29,30)10-20-9-21-25(33-15-34-26(21)38-20)35-23-5-6-36(14-22(23)32)12-17-3-4-24-18(7-17)8-19(11-31)37(24)13-16-1-2-16;1-17(2,3)28-16(27)26-13-8-22-5-4-12(13)25-14-11-6-10(7-18(19,20)21)29-15(11)24-9-23-14;15-7-11-3-4-14-12(5-11)6-13(8-16)17(14)9-10-1-2-10/h3-4,7-9,15-16,22-23H,1-2,5-6,10,12-14,32H2,(H,33,34,35);6,9,12-13,22H,4-5,7-8H2,1-3H3,(H,26,27)(H,23,24,25);3-6,10H,1-2,7,9H2/t22-,23-;12-,13-;/m00./s1. The Labute approximate surface area is 498 Å². The van der Waals surface area contributed by atoms with Crippen LogP contribution in [0.4, 0.5) is 42.8 Å². The second-order valence-corrected chi connectivity index (χ2v) is 25.9. The number of anilines is 2. The van der Waals surface area contributed by atoms with Gasteiger partial charge in [-0.2, -0.15) is 36.9 Å². The highest BCUT2D eigenvalue weighted by molar-refractivity contribution is 9.08. The number of piperidine rings is 2. The largest absolute Gasteiger partial charge is 0.444 e. The van der Waals surface area contributed by atoms with Crippen molar-refractivity contribution in [3.8, 4) is 12.1 Å². The molecule has 2 saturated carbocycles. The number of hydrogen-bond acceptors (Lipinski definition) is 15. The van der Waals surface area contributed by atoms with Gasteiger partial charge in [0.05, 0.1) is 35.7 Å². The molecule has 0 radical (unpaired) electrons. The first-order valence-corrected chi connectivity index (χ1v) is 30.7. The number of carbonyl (C=O) groups excluding carboxylic acids is 1. The molecule has 0 bridgehead atoms. The zero-order valence-corrected chi connectivity index (χ0v) is 49.8. The number of nitrogens with one attached hydrogen (secondary N) is 4. The predicted molar refractivity (Wildman–Crippen MR) is 319 cm³/mol. The minimum Gasteiger partial charge on any atom is -0.444 e. The fourth-order valence-corrected chi connectivity index (χ4v) is 13.2. The number of benzene rings is 2. The molecule has 84 heavy (non-hydrogen) atoms. The molecule has 4 aliphatic rings. The lowest BCUT2D eigenvalue weighted by molar-refractivity contribution is -0.127. The Kier molecular flexibility index (Phi) is 18.4. The Morgan fingerprint density at radius 2 is 1.25 bits per heavy atom. The molecule has 0 unspecified atom stereocenters. The van der Waals surface area contributed by atoms with Crippen molar-refractivity contribution in [2.75, 3.05) is 36.8 Å². The third-order valence-electron chi connectivity index (χ3n) is 15.1. The Hall–Kier alpha value is -6.61. The SMILES string of the molecule is CC(C)(C)OC(=O)N[C@H]1CNCC[C@@H]1Nc1ncnc2sc(CC(F)(F)F)cc12.N#Cc1cc2cc(CBr)ccc2n1CC1CC1.N#Cc1cc2cc(CN3CC[C@H](Nc4ncnc5sc(CC(F)(F)F)cc45)[C@@H](N)C3)ccc2n1CC1CC1. The monoisotopic (exact) mass is 1260 g/mol. The fraction of sp³-hybridized carbons (Fsp3) is 0.475. The highest BCUT2D eigenvalue weighted by Gasteiger charge is 2.34. The van der Waals surface area contributed by atoms with Crippen LogP contribution < -0.4 is 27.0 Å². The van der Waals surface area contributed by atoms with Crippen molar-refractivity contribution in [1.82, 2.24) is 44.6 Å². The van der Waals surface area contributed by atoms with E-state index in [2.05, 4.69) is 120 Å². The van der Waals surface area contributed by atoms with Crippen LogP contribution in [-0.2, 0) is 42.5 Å². The zero-order valence-electron chi connectivity index (χ0n) is 46.6. The summed E-state index contributed by atoms with van der Waals surface area (Å²) in [5.74, 6) is 2.47. The number of nitrogens with two attached hydrogens (primary N) is 1. The molecule has 1 amide bonds. The van der Waals surface area contributed by atoms with Crippen LogP contribution in [0.1, 0.15) is 91.6 Å². The number of fused-ring (bicyclic) bond motifs is 4. The van der Waals surface area contributed by atoms with Gasteiger partial charge in [0.2, 0.25) is 0 Å². The van der Waals surface area contributed by atoms with Gasteiger partial charge >= 0.3 is 18.4 Å². The van der Waals surface area contributed by atoms with Crippen LogP contribution >= 0.6 is 38.6 Å². The van der Waals surface area contributed by atoms with Crippen molar-refractivity contribution >= 4 is 98.6 Å². The normalized spacial score (nSPS) is 19.5. The van der Waals surface area contributed by atoms with E-state index in [4.69, 9.17) is 10.5 Å². The zero-order chi connectivity index (χ0) is 59.5. The molecule has 8 heterocycles. The summed E-state index contributed by atoms with van der Waals surface area (Å²) < 4.78 is 86.4. The molecule has 4 atom stereocenters. The van der Waals surface area contributed by atoms with Gasteiger partial charge in [0, 0.05) is 88.2 Å². The van der Waals surface area contributed by atoms with E-state index >= 15 is 0 Å². The molecule has 2 aliphatic carbocycles. The van der Waals surface area contributed by atoms with Crippen LogP contribution in [0.15, 0.2) is 73.3 Å². The van der Waals surface area contributed by atoms with Gasteiger partial charge in [-0.25, -0.2) is 24.7 Å². The van der Waals surface area contributed by atoms with Crippen LogP contribution in [0.2, 0.25) is 0 Å². The molecule has 2 aromatic carbocycles.